The molecule has 4 nitrogen and oxygen atoms in total. The molecule has 0 spiro atoms. The van der Waals surface area contributed by atoms with Crippen LogP contribution in [-0.2, 0) is 11.3 Å². The molecular weight excluding hydrogens is 366 g/mol. The fraction of sp³-hybridized carbons (Fsp3) is 0.500. The van der Waals surface area contributed by atoms with Gasteiger partial charge >= 0.3 is 0 Å². The van der Waals surface area contributed by atoms with Crippen LogP contribution >= 0.6 is 23.7 Å². The molecule has 142 valence electrons. The fourth-order valence-corrected chi connectivity index (χ4v) is 4.64. The summed E-state index contributed by atoms with van der Waals surface area (Å²) < 4.78 is 0. The van der Waals surface area contributed by atoms with Gasteiger partial charge in [-0.05, 0) is 31.7 Å². The Morgan fingerprint density at radius 3 is 2.58 bits per heavy atom. The third kappa shape index (κ3) is 5.06. The molecule has 0 bridgehead atoms. The van der Waals surface area contributed by atoms with Crippen LogP contribution in [0.15, 0.2) is 30.3 Å². The molecule has 0 aliphatic heterocycles. The number of hydrogen-bond donors (Lipinski definition) is 2. The van der Waals surface area contributed by atoms with Gasteiger partial charge in [0, 0.05) is 16.9 Å². The Hall–Kier alpha value is -1.43. The fourth-order valence-electron chi connectivity index (χ4n) is 3.63. The van der Waals surface area contributed by atoms with E-state index >= 15 is 0 Å². The van der Waals surface area contributed by atoms with Gasteiger partial charge in [-0.2, -0.15) is 0 Å². The maximum Gasteiger partial charge on any atom is 0.220 e. The molecule has 1 aromatic heterocycles. The molecule has 6 heteroatoms. The number of thiazole rings is 1. The second-order valence-corrected chi connectivity index (χ2v) is 8.20. The maximum atomic E-state index is 12.5. The molecule has 0 radical (unpaired) electrons. The predicted octanol–water partition coefficient (Wildman–Crippen LogP) is 4.46. The highest BCUT2D eigenvalue weighted by molar-refractivity contribution is 7.15. The molecule has 2 aromatic rings. The molecule has 0 unspecified atom stereocenters. The number of aromatic nitrogens is 1. The highest BCUT2D eigenvalue weighted by atomic mass is 35.5. The van der Waals surface area contributed by atoms with E-state index in [2.05, 4.69) is 22.4 Å². The minimum Gasteiger partial charge on any atom is -0.351 e. The lowest BCUT2D eigenvalue weighted by molar-refractivity contribution is -0.124. The molecule has 3 rings (SSSR count). The smallest absolute Gasteiger partial charge is 0.220 e. The van der Waals surface area contributed by atoms with Crippen molar-refractivity contribution in [3.05, 3.63) is 40.9 Å². The van der Waals surface area contributed by atoms with Gasteiger partial charge in [-0.1, -0.05) is 49.6 Å². The SMILES string of the molecule is Cc1nc(-c2ccccc2)sc1CNC(=O)CC1(CN)CCCCC1.Cl. The summed E-state index contributed by atoms with van der Waals surface area (Å²) in [5, 5.41) is 4.09. The second-order valence-electron chi connectivity index (χ2n) is 7.11. The lowest BCUT2D eigenvalue weighted by Crippen LogP contribution is -2.38. The maximum absolute atomic E-state index is 12.5. The first kappa shape index (κ1) is 20.9. The monoisotopic (exact) mass is 393 g/mol. The summed E-state index contributed by atoms with van der Waals surface area (Å²) in [6.45, 7) is 3.17. The number of amides is 1. The number of hydrogen-bond acceptors (Lipinski definition) is 4. The van der Waals surface area contributed by atoms with Crippen LogP contribution in [0.25, 0.3) is 10.6 Å². The molecule has 0 atom stereocenters. The average molecular weight is 394 g/mol. The number of nitrogens with two attached hydrogens (primary N) is 1. The van der Waals surface area contributed by atoms with Gasteiger partial charge in [-0.3, -0.25) is 4.79 Å². The first-order valence-electron chi connectivity index (χ1n) is 9.10. The number of rotatable bonds is 6. The van der Waals surface area contributed by atoms with Gasteiger partial charge < -0.3 is 11.1 Å². The Kier molecular flexibility index (Phi) is 7.62. The standard InChI is InChI=1S/C20H27N3OS.ClH/c1-15-17(25-19(23-15)16-8-4-2-5-9-16)13-22-18(24)12-20(14-21)10-6-3-7-11-20;/h2,4-5,8-9H,3,6-7,10-14,21H2,1H3,(H,22,24);1H. The van der Waals surface area contributed by atoms with E-state index in [1.54, 1.807) is 11.3 Å². The van der Waals surface area contributed by atoms with E-state index in [1.165, 1.54) is 19.3 Å². The van der Waals surface area contributed by atoms with Crippen molar-refractivity contribution in [1.82, 2.24) is 10.3 Å². The first-order valence-corrected chi connectivity index (χ1v) is 9.92. The summed E-state index contributed by atoms with van der Waals surface area (Å²) in [4.78, 5) is 18.2. The van der Waals surface area contributed by atoms with Gasteiger partial charge in [0.1, 0.15) is 5.01 Å². The topological polar surface area (TPSA) is 68.0 Å². The van der Waals surface area contributed by atoms with E-state index in [1.807, 2.05) is 25.1 Å². The van der Waals surface area contributed by atoms with Gasteiger partial charge in [0.25, 0.3) is 0 Å². The zero-order valence-corrected chi connectivity index (χ0v) is 16.9. The number of carbonyl (C=O) groups excluding carboxylic acids is 1. The van der Waals surface area contributed by atoms with E-state index in [0.717, 1.165) is 34.0 Å². The third-order valence-corrected chi connectivity index (χ3v) is 6.45. The summed E-state index contributed by atoms with van der Waals surface area (Å²) in [5.74, 6) is 0.112. The highest BCUT2D eigenvalue weighted by Gasteiger charge is 2.32. The molecule has 1 amide bonds. The van der Waals surface area contributed by atoms with Crippen molar-refractivity contribution >= 4 is 29.7 Å². The molecule has 1 saturated carbocycles. The van der Waals surface area contributed by atoms with Crippen LogP contribution in [-0.4, -0.2) is 17.4 Å². The van der Waals surface area contributed by atoms with Crippen LogP contribution in [0, 0.1) is 12.3 Å². The Balaban J connectivity index is 0.00000243. The number of aryl methyl sites for hydroxylation is 1. The third-order valence-electron chi connectivity index (χ3n) is 5.24. The summed E-state index contributed by atoms with van der Waals surface area (Å²) in [5.41, 5.74) is 8.13. The molecule has 1 heterocycles. The van der Waals surface area contributed by atoms with E-state index in [4.69, 9.17) is 5.73 Å². The summed E-state index contributed by atoms with van der Waals surface area (Å²) in [6.07, 6.45) is 6.36. The van der Waals surface area contributed by atoms with Crippen molar-refractivity contribution in [1.29, 1.82) is 0 Å². The van der Waals surface area contributed by atoms with Crippen molar-refractivity contribution in [3.8, 4) is 10.6 Å². The molecule has 0 saturated heterocycles. The van der Waals surface area contributed by atoms with Crippen molar-refractivity contribution in [3.63, 3.8) is 0 Å². The van der Waals surface area contributed by atoms with Crippen molar-refractivity contribution in [2.45, 2.75) is 52.0 Å². The van der Waals surface area contributed by atoms with Crippen LogP contribution in [0.1, 0.15) is 49.1 Å². The number of carbonyl (C=O) groups is 1. The quantitative estimate of drug-likeness (QED) is 0.761. The molecule has 1 aromatic carbocycles. The van der Waals surface area contributed by atoms with Gasteiger partial charge in [-0.25, -0.2) is 4.98 Å². The van der Waals surface area contributed by atoms with Gasteiger partial charge in [0.05, 0.1) is 12.2 Å². The number of nitrogens with one attached hydrogen (secondary N) is 1. The summed E-state index contributed by atoms with van der Waals surface area (Å²) in [7, 11) is 0. The van der Waals surface area contributed by atoms with Crippen LogP contribution < -0.4 is 11.1 Å². The van der Waals surface area contributed by atoms with Crippen LogP contribution in [0.2, 0.25) is 0 Å². The van der Waals surface area contributed by atoms with E-state index in [9.17, 15) is 4.79 Å². The Bertz CT molecular complexity index is 711. The molecule has 1 fully saturated rings. The summed E-state index contributed by atoms with van der Waals surface area (Å²) in [6, 6.07) is 10.2. The Morgan fingerprint density at radius 2 is 1.92 bits per heavy atom. The minimum absolute atomic E-state index is 0. The van der Waals surface area contributed by atoms with Crippen molar-refractivity contribution in [2.24, 2.45) is 11.1 Å². The van der Waals surface area contributed by atoms with Crippen LogP contribution in [0.4, 0.5) is 0 Å². The van der Waals surface area contributed by atoms with E-state index in [-0.39, 0.29) is 23.7 Å². The molecule has 26 heavy (non-hydrogen) atoms. The predicted molar refractivity (Wildman–Crippen MR) is 111 cm³/mol. The number of halogens is 1. The number of benzene rings is 1. The first-order chi connectivity index (χ1) is 12.1. The lowest BCUT2D eigenvalue weighted by Gasteiger charge is -2.35. The zero-order chi connectivity index (χ0) is 17.7. The molecule has 1 aliphatic rings. The van der Waals surface area contributed by atoms with E-state index < -0.39 is 0 Å². The second kappa shape index (κ2) is 9.49. The van der Waals surface area contributed by atoms with Crippen LogP contribution in [0.3, 0.4) is 0 Å². The molecular formula is C20H28ClN3OS. The van der Waals surface area contributed by atoms with Crippen molar-refractivity contribution < 1.29 is 4.79 Å². The largest absolute Gasteiger partial charge is 0.351 e. The molecule has 3 N–H and O–H groups in total. The zero-order valence-electron chi connectivity index (χ0n) is 15.3. The lowest BCUT2D eigenvalue weighted by atomic mass is 9.71. The highest BCUT2D eigenvalue weighted by Crippen LogP contribution is 2.38. The average Bonchev–Trinajstić information content (AvgIpc) is 3.02. The Labute approximate surface area is 166 Å². The van der Waals surface area contributed by atoms with Crippen molar-refractivity contribution in [2.75, 3.05) is 6.54 Å². The van der Waals surface area contributed by atoms with Gasteiger partial charge in [0.2, 0.25) is 5.91 Å². The van der Waals surface area contributed by atoms with Gasteiger partial charge in [-0.15, -0.1) is 23.7 Å². The van der Waals surface area contributed by atoms with Gasteiger partial charge in [0.15, 0.2) is 0 Å². The Morgan fingerprint density at radius 1 is 1.23 bits per heavy atom. The normalized spacial score (nSPS) is 15.9. The van der Waals surface area contributed by atoms with Crippen LogP contribution in [0.5, 0.6) is 0 Å². The number of nitrogens with zero attached hydrogens (tertiary/aromatic N) is 1. The van der Waals surface area contributed by atoms with E-state index in [0.29, 0.717) is 19.5 Å². The minimum atomic E-state index is 0. The molecule has 1 aliphatic carbocycles. The summed E-state index contributed by atoms with van der Waals surface area (Å²) >= 11 is 1.65.